The highest BCUT2D eigenvalue weighted by Gasteiger charge is 1.94. The summed E-state index contributed by atoms with van der Waals surface area (Å²) in [6.07, 6.45) is 4.55. The van der Waals surface area contributed by atoms with Crippen LogP contribution < -0.4 is 5.32 Å². The molecule has 0 saturated heterocycles. The van der Waals surface area contributed by atoms with Gasteiger partial charge in [0.2, 0.25) is 5.91 Å². The quantitative estimate of drug-likeness (QED) is 0.358. The van der Waals surface area contributed by atoms with Crippen molar-refractivity contribution in [2.75, 3.05) is 6.54 Å². The molecule has 0 atom stereocenters. The fourth-order valence-electron chi connectivity index (χ4n) is 1.31. The van der Waals surface area contributed by atoms with Crippen LogP contribution in [0.15, 0.2) is 35.5 Å². The molecule has 88 valence electrons. The Kier molecular flexibility index (Phi) is 5.34. The molecule has 17 heavy (non-hydrogen) atoms. The van der Waals surface area contributed by atoms with Crippen LogP contribution in [0.5, 0.6) is 0 Å². The summed E-state index contributed by atoms with van der Waals surface area (Å²) < 4.78 is 0. The molecule has 5 heteroatoms. The average molecular weight is 230 g/mol. The fourth-order valence-corrected chi connectivity index (χ4v) is 1.31. The zero-order valence-corrected chi connectivity index (χ0v) is 9.63. The summed E-state index contributed by atoms with van der Waals surface area (Å²) in [6, 6.07) is 7.33. The van der Waals surface area contributed by atoms with Gasteiger partial charge in [0.15, 0.2) is 0 Å². The van der Waals surface area contributed by atoms with Crippen molar-refractivity contribution in [3.05, 3.63) is 46.3 Å². The van der Waals surface area contributed by atoms with E-state index in [0.717, 1.165) is 12.0 Å². The molecule has 0 saturated carbocycles. The summed E-state index contributed by atoms with van der Waals surface area (Å²) in [4.78, 5) is 13.4. The van der Waals surface area contributed by atoms with Gasteiger partial charge in [-0.2, -0.15) is 0 Å². The Morgan fingerprint density at radius 1 is 1.53 bits per heavy atom. The first-order chi connectivity index (χ1) is 8.24. The first kappa shape index (κ1) is 12.8. The van der Waals surface area contributed by atoms with Gasteiger partial charge in [-0.1, -0.05) is 41.5 Å². The van der Waals surface area contributed by atoms with E-state index in [1.807, 2.05) is 30.4 Å². The summed E-state index contributed by atoms with van der Waals surface area (Å²) >= 11 is 0. The monoisotopic (exact) mass is 230 g/mol. The van der Waals surface area contributed by atoms with Crippen molar-refractivity contribution in [2.45, 2.75) is 13.3 Å². The number of nitrogens with one attached hydrogen (secondary N) is 1. The Bertz CT molecular complexity index is 461. The minimum absolute atomic E-state index is 0.0344. The molecular weight excluding hydrogens is 216 g/mol. The molecule has 0 radical (unpaired) electrons. The molecule has 0 heterocycles. The maximum Gasteiger partial charge on any atom is 0.216 e. The van der Waals surface area contributed by atoms with Crippen LogP contribution in [-0.2, 0) is 4.79 Å². The predicted molar refractivity (Wildman–Crippen MR) is 67.6 cm³/mol. The van der Waals surface area contributed by atoms with Gasteiger partial charge in [-0.3, -0.25) is 4.79 Å². The Hall–Kier alpha value is -2.26. The third-order valence-corrected chi connectivity index (χ3v) is 2.07. The van der Waals surface area contributed by atoms with E-state index in [9.17, 15) is 4.79 Å². The topological polar surface area (TPSA) is 77.9 Å². The van der Waals surface area contributed by atoms with Gasteiger partial charge in [-0.25, -0.2) is 0 Å². The van der Waals surface area contributed by atoms with Crippen molar-refractivity contribution >= 4 is 17.7 Å². The van der Waals surface area contributed by atoms with Crippen LogP contribution in [0.4, 0.5) is 5.69 Å². The number of azide groups is 1. The second kappa shape index (κ2) is 7.09. The van der Waals surface area contributed by atoms with Gasteiger partial charge in [0, 0.05) is 24.1 Å². The molecule has 0 unspecified atom stereocenters. The van der Waals surface area contributed by atoms with E-state index in [4.69, 9.17) is 5.53 Å². The number of hydrogen-bond donors (Lipinski definition) is 1. The van der Waals surface area contributed by atoms with Crippen LogP contribution in [0.3, 0.4) is 0 Å². The zero-order valence-electron chi connectivity index (χ0n) is 9.63. The van der Waals surface area contributed by atoms with E-state index in [1.54, 1.807) is 6.07 Å². The van der Waals surface area contributed by atoms with E-state index in [0.29, 0.717) is 12.2 Å². The minimum atomic E-state index is -0.0344. The van der Waals surface area contributed by atoms with Crippen molar-refractivity contribution in [2.24, 2.45) is 5.11 Å². The minimum Gasteiger partial charge on any atom is -0.356 e. The first-order valence-electron chi connectivity index (χ1n) is 5.29. The molecule has 0 aliphatic heterocycles. The van der Waals surface area contributed by atoms with Gasteiger partial charge < -0.3 is 5.32 Å². The first-order valence-corrected chi connectivity index (χ1v) is 5.29. The van der Waals surface area contributed by atoms with Crippen molar-refractivity contribution in [1.29, 1.82) is 0 Å². The molecule has 1 N–H and O–H groups in total. The average Bonchev–Trinajstić information content (AvgIpc) is 2.31. The molecule has 0 aromatic heterocycles. The standard InChI is InChI=1S/C12H14N4O/c1-10(17)14-9-5-4-7-11-6-2-3-8-12(11)15-16-13/h2-4,6-8H,5,9H2,1H3,(H,14,17). The van der Waals surface area contributed by atoms with Gasteiger partial charge in [-0.15, -0.1) is 0 Å². The van der Waals surface area contributed by atoms with E-state index >= 15 is 0 Å². The second-order valence-corrected chi connectivity index (χ2v) is 3.42. The van der Waals surface area contributed by atoms with Gasteiger partial charge in [0.05, 0.1) is 0 Å². The van der Waals surface area contributed by atoms with Crippen LogP contribution in [0.1, 0.15) is 18.9 Å². The third-order valence-electron chi connectivity index (χ3n) is 2.07. The summed E-state index contributed by atoms with van der Waals surface area (Å²) in [5.74, 6) is -0.0344. The fraction of sp³-hybridized carbons (Fsp3) is 0.250. The molecule has 0 aliphatic carbocycles. The lowest BCUT2D eigenvalue weighted by Crippen LogP contribution is -2.20. The lowest BCUT2D eigenvalue weighted by Gasteiger charge is -1.99. The molecule has 0 spiro atoms. The van der Waals surface area contributed by atoms with Crippen LogP contribution in [0, 0.1) is 0 Å². The van der Waals surface area contributed by atoms with Gasteiger partial charge in [0.1, 0.15) is 0 Å². The number of rotatable bonds is 5. The SMILES string of the molecule is CC(=O)NCCC=Cc1ccccc1N=[N+]=[N-]. The molecular formula is C12H14N4O. The molecule has 0 bridgehead atoms. The molecule has 0 fully saturated rings. The van der Waals surface area contributed by atoms with Gasteiger partial charge in [-0.05, 0) is 17.5 Å². The normalized spacial score (nSPS) is 9.94. The smallest absolute Gasteiger partial charge is 0.216 e. The third kappa shape index (κ3) is 4.86. The predicted octanol–water partition coefficient (Wildman–Crippen LogP) is 3.17. The summed E-state index contributed by atoms with van der Waals surface area (Å²) in [6.45, 7) is 2.09. The van der Waals surface area contributed by atoms with E-state index in [2.05, 4.69) is 15.3 Å². The van der Waals surface area contributed by atoms with E-state index in [1.165, 1.54) is 6.92 Å². The maximum absolute atomic E-state index is 10.6. The van der Waals surface area contributed by atoms with Crippen molar-refractivity contribution in [1.82, 2.24) is 5.32 Å². The van der Waals surface area contributed by atoms with E-state index in [-0.39, 0.29) is 5.91 Å². The molecule has 1 rings (SSSR count). The van der Waals surface area contributed by atoms with Crippen LogP contribution in [0.25, 0.3) is 16.5 Å². The number of carbonyl (C=O) groups excluding carboxylic acids is 1. The van der Waals surface area contributed by atoms with Crippen LogP contribution >= 0.6 is 0 Å². The highest BCUT2D eigenvalue weighted by Crippen LogP contribution is 2.20. The highest BCUT2D eigenvalue weighted by atomic mass is 16.1. The zero-order chi connectivity index (χ0) is 12.5. The molecule has 1 aromatic carbocycles. The van der Waals surface area contributed by atoms with Gasteiger partial charge >= 0.3 is 0 Å². The Morgan fingerprint density at radius 3 is 3.00 bits per heavy atom. The lowest BCUT2D eigenvalue weighted by atomic mass is 10.1. The van der Waals surface area contributed by atoms with Gasteiger partial charge in [0.25, 0.3) is 0 Å². The van der Waals surface area contributed by atoms with Crippen molar-refractivity contribution in [3.63, 3.8) is 0 Å². The second-order valence-electron chi connectivity index (χ2n) is 3.42. The Morgan fingerprint density at radius 2 is 2.29 bits per heavy atom. The summed E-state index contributed by atoms with van der Waals surface area (Å²) in [5, 5.41) is 6.29. The van der Waals surface area contributed by atoms with E-state index < -0.39 is 0 Å². The molecule has 1 aromatic rings. The maximum atomic E-state index is 10.6. The lowest BCUT2D eigenvalue weighted by molar-refractivity contribution is -0.118. The molecule has 1 amide bonds. The number of benzene rings is 1. The van der Waals surface area contributed by atoms with Crippen LogP contribution in [0.2, 0.25) is 0 Å². The summed E-state index contributed by atoms with van der Waals surface area (Å²) in [7, 11) is 0. The molecule has 5 nitrogen and oxygen atoms in total. The molecule has 0 aliphatic rings. The highest BCUT2D eigenvalue weighted by molar-refractivity contribution is 5.72. The Labute approximate surface area is 99.8 Å². The van der Waals surface area contributed by atoms with Crippen molar-refractivity contribution < 1.29 is 4.79 Å². The number of hydrogen-bond acceptors (Lipinski definition) is 2. The van der Waals surface area contributed by atoms with Crippen molar-refractivity contribution in [3.8, 4) is 0 Å². The number of carbonyl (C=O) groups is 1. The Balaban J connectivity index is 2.58. The van der Waals surface area contributed by atoms with Crippen LogP contribution in [-0.4, -0.2) is 12.5 Å². The number of amides is 1. The number of nitrogens with zero attached hydrogens (tertiary/aromatic N) is 3. The largest absolute Gasteiger partial charge is 0.356 e. The summed E-state index contributed by atoms with van der Waals surface area (Å²) in [5.41, 5.74) is 9.87.